The summed E-state index contributed by atoms with van der Waals surface area (Å²) in [5, 5.41) is 0. The van der Waals surface area contributed by atoms with Gasteiger partial charge in [-0.25, -0.2) is 8.42 Å². The number of hydrogen-bond donors (Lipinski definition) is 0. The molecule has 0 aromatic heterocycles. The van der Waals surface area contributed by atoms with Crippen LogP contribution >= 0.6 is 0 Å². The molecule has 1 aromatic rings. The molecule has 124 valence electrons. The Morgan fingerprint density at radius 2 is 1.73 bits per heavy atom. The minimum atomic E-state index is -4.30. The molecule has 1 aliphatic rings. The topological polar surface area (TPSA) is 37.4 Å². The van der Waals surface area contributed by atoms with Crippen LogP contribution < -0.4 is 0 Å². The van der Waals surface area contributed by atoms with E-state index in [9.17, 15) is 21.6 Å². The molecule has 1 heterocycles. The zero-order chi connectivity index (χ0) is 16.2. The highest BCUT2D eigenvalue weighted by molar-refractivity contribution is 7.91. The van der Waals surface area contributed by atoms with Crippen molar-refractivity contribution in [3.63, 3.8) is 0 Å². The maximum Gasteiger partial charge on any atom is 0.416 e. The van der Waals surface area contributed by atoms with Crippen LogP contribution in [0.5, 0.6) is 0 Å². The number of sulfone groups is 1. The average Bonchev–Trinajstić information content (AvgIpc) is 2.60. The van der Waals surface area contributed by atoms with E-state index in [0.29, 0.717) is 19.4 Å². The Morgan fingerprint density at radius 3 is 2.36 bits per heavy atom. The lowest BCUT2D eigenvalue weighted by Crippen LogP contribution is -2.28. The fraction of sp³-hybridized carbons (Fsp3) is 0.600. The fourth-order valence-electron chi connectivity index (χ4n) is 2.58. The number of rotatable bonds is 4. The molecule has 0 radical (unpaired) electrons. The van der Waals surface area contributed by atoms with E-state index >= 15 is 0 Å². The van der Waals surface area contributed by atoms with Gasteiger partial charge in [-0.05, 0) is 50.0 Å². The van der Waals surface area contributed by atoms with Crippen molar-refractivity contribution in [3.8, 4) is 0 Å². The van der Waals surface area contributed by atoms with Crippen molar-refractivity contribution in [2.24, 2.45) is 0 Å². The van der Waals surface area contributed by atoms with E-state index in [-0.39, 0.29) is 11.5 Å². The number of hydrogen-bond acceptors (Lipinski definition) is 3. The summed E-state index contributed by atoms with van der Waals surface area (Å²) in [6, 6.07) is 5.23. The Balaban J connectivity index is 1.79. The Morgan fingerprint density at radius 1 is 1.05 bits per heavy atom. The minimum absolute atomic E-state index is 0.202. The first-order valence-corrected chi connectivity index (χ1v) is 9.17. The van der Waals surface area contributed by atoms with Crippen LogP contribution in [-0.2, 0) is 22.4 Å². The molecule has 0 N–H and O–H groups in total. The first-order valence-electron chi connectivity index (χ1n) is 7.35. The zero-order valence-corrected chi connectivity index (χ0v) is 13.1. The van der Waals surface area contributed by atoms with Crippen molar-refractivity contribution in [2.75, 3.05) is 31.1 Å². The van der Waals surface area contributed by atoms with Crippen LogP contribution in [0.25, 0.3) is 0 Å². The van der Waals surface area contributed by atoms with Gasteiger partial charge < -0.3 is 4.90 Å². The summed E-state index contributed by atoms with van der Waals surface area (Å²) in [5.41, 5.74) is 0.240. The van der Waals surface area contributed by atoms with E-state index in [1.807, 2.05) is 0 Å². The third-order valence-corrected chi connectivity index (χ3v) is 5.58. The summed E-state index contributed by atoms with van der Waals surface area (Å²) in [4.78, 5) is 2.12. The third-order valence-electron chi connectivity index (χ3n) is 3.87. The van der Waals surface area contributed by atoms with E-state index in [1.165, 1.54) is 12.1 Å². The molecule has 3 nitrogen and oxygen atoms in total. The van der Waals surface area contributed by atoms with Crippen molar-refractivity contribution < 1.29 is 21.6 Å². The zero-order valence-electron chi connectivity index (χ0n) is 12.3. The van der Waals surface area contributed by atoms with Crippen molar-refractivity contribution >= 4 is 9.84 Å². The molecular weight excluding hydrogens is 315 g/mol. The third kappa shape index (κ3) is 5.28. The summed E-state index contributed by atoms with van der Waals surface area (Å²) in [5.74, 6) is 0.454. The number of nitrogens with zero attached hydrogens (tertiary/aromatic N) is 1. The van der Waals surface area contributed by atoms with E-state index in [4.69, 9.17) is 0 Å². The predicted octanol–water partition coefficient (Wildman–Crippen LogP) is 2.76. The molecule has 2 rings (SSSR count). The van der Waals surface area contributed by atoms with Gasteiger partial charge in [0.05, 0.1) is 17.1 Å². The van der Waals surface area contributed by atoms with Gasteiger partial charge in [-0.1, -0.05) is 12.1 Å². The van der Waals surface area contributed by atoms with Crippen LogP contribution in [0, 0.1) is 0 Å². The monoisotopic (exact) mass is 335 g/mol. The molecule has 7 heteroatoms. The number of alkyl halides is 3. The fourth-order valence-corrected chi connectivity index (χ4v) is 3.89. The molecule has 1 aromatic carbocycles. The number of halogens is 3. The van der Waals surface area contributed by atoms with Crippen molar-refractivity contribution in [1.29, 1.82) is 0 Å². The molecular formula is C15H20F3NO2S. The quantitative estimate of drug-likeness (QED) is 0.849. The van der Waals surface area contributed by atoms with Gasteiger partial charge in [0.1, 0.15) is 0 Å². The first-order chi connectivity index (χ1) is 10.3. The lowest BCUT2D eigenvalue weighted by molar-refractivity contribution is -0.137. The molecule has 1 aliphatic heterocycles. The second-order valence-corrected chi connectivity index (χ2v) is 7.95. The van der Waals surface area contributed by atoms with E-state index in [0.717, 1.165) is 37.2 Å². The second-order valence-electron chi connectivity index (χ2n) is 5.65. The Kier molecular flexibility index (Phi) is 5.50. The van der Waals surface area contributed by atoms with Gasteiger partial charge in [-0.3, -0.25) is 0 Å². The van der Waals surface area contributed by atoms with E-state index in [1.54, 1.807) is 0 Å². The van der Waals surface area contributed by atoms with Crippen LogP contribution in [0.1, 0.15) is 24.0 Å². The first kappa shape index (κ1) is 17.3. The van der Waals surface area contributed by atoms with Gasteiger partial charge in [-0.2, -0.15) is 13.2 Å². The Labute approximate surface area is 129 Å². The molecule has 1 saturated heterocycles. The second kappa shape index (κ2) is 7.00. The van der Waals surface area contributed by atoms with Crippen molar-refractivity contribution in [1.82, 2.24) is 4.90 Å². The number of aryl methyl sites for hydroxylation is 1. The summed E-state index contributed by atoms with van der Waals surface area (Å²) < 4.78 is 60.4. The van der Waals surface area contributed by atoms with E-state index in [2.05, 4.69) is 4.90 Å². The molecule has 0 saturated carbocycles. The average molecular weight is 335 g/mol. The summed E-state index contributed by atoms with van der Waals surface area (Å²) in [6.45, 7) is 2.10. The highest BCUT2D eigenvalue weighted by Crippen LogP contribution is 2.29. The molecule has 0 bridgehead atoms. The van der Waals surface area contributed by atoms with Crippen LogP contribution in [0.4, 0.5) is 13.2 Å². The molecule has 1 fully saturated rings. The lowest BCUT2D eigenvalue weighted by atomic mass is 10.1. The van der Waals surface area contributed by atoms with Gasteiger partial charge in [0.2, 0.25) is 0 Å². The van der Waals surface area contributed by atoms with Crippen LogP contribution in [-0.4, -0.2) is 44.5 Å². The van der Waals surface area contributed by atoms with Gasteiger partial charge in [0, 0.05) is 6.54 Å². The maximum absolute atomic E-state index is 12.5. The van der Waals surface area contributed by atoms with Crippen LogP contribution in [0.3, 0.4) is 0 Å². The summed E-state index contributed by atoms with van der Waals surface area (Å²) in [7, 11) is -2.90. The Bertz CT molecular complexity index is 582. The number of benzene rings is 1. The smallest absolute Gasteiger partial charge is 0.302 e. The van der Waals surface area contributed by atoms with Crippen LogP contribution in [0.15, 0.2) is 24.3 Å². The molecule has 0 atom stereocenters. The highest BCUT2D eigenvalue weighted by Gasteiger charge is 2.29. The van der Waals surface area contributed by atoms with Gasteiger partial charge in [0.15, 0.2) is 9.84 Å². The Hall–Kier alpha value is -1.08. The maximum atomic E-state index is 12.5. The molecule has 0 unspecified atom stereocenters. The standard InChI is InChI=1S/C15H20F3NO2S/c16-15(17,18)14-6-4-13(5-7-14)3-1-8-19-9-2-11-22(20,21)12-10-19/h4-7H,1-3,8-12H2. The van der Waals surface area contributed by atoms with Gasteiger partial charge in [-0.15, -0.1) is 0 Å². The van der Waals surface area contributed by atoms with Crippen molar-refractivity contribution in [2.45, 2.75) is 25.4 Å². The van der Waals surface area contributed by atoms with Crippen molar-refractivity contribution in [3.05, 3.63) is 35.4 Å². The predicted molar refractivity (Wildman–Crippen MR) is 79.5 cm³/mol. The summed E-state index contributed by atoms with van der Waals surface area (Å²) >= 11 is 0. The largest absolute Gasteiger partial charge is 0.416 e. The van der Waals surface area contributed by atoms with E-state index < -0.39 is 21.6 Å². The normalized spacial score (nSPS) is 19.8. The highest BCUT2D eigenvalue weighted by atomic mass is 32.2. The van der Waals surface area contributed by atoms with Gasteiger partial charge >= 0.3 is 6.18 Å². The molecule has 0 aliphatic carbocycles. The molecule has 22 heavy (non-hydrogen) atoms. The van der Waals surface area contributed by atoms with Gasteiger partial charge in [0.25, 0.3) is 0 Å². The SMILES string of the molecule is O=S1(=O)CCCN(CCCc2ccc(C(F)(F)F)cc2)CC1. The lowest BCUT2D eigenvalue weighted by Gasteiger charge is -2.18. The summed E-state index contributed by atoms with van der Waals surface area (Å²) in [6.07, 6.45) is -2.13. The molecule has 0 amide bonds. The molecule has 0 spiro atoms. The minimum Gasteiger partial charge on any atom is -0.302 e. The van der Waals surface area contributed by atoms with Crippen LogP contribution in [0.2, 0.25) is 0 Å².